The molecule has 3 aromatic carbocycles. The second-order valence-electron chi connectivity index (χ2n) is 10.1. The number of hydrogen-bond acceptors (Lipinski definition) is 5. The number of thiophene rings is 1. The van der Waals surface area contributed by atoms with Crippen LogP contribution in [0.5, 0.6) is 0 Å². The van der Waals surface area contributed by atoms with Crippen LogP contribution in [-0.4, -0.2) is 35.7 Å². The van der Waals surface area contributed by atoms with Crippen LogP contribution < -0.4 is 0 Å². The van der Waals surface area contributed by atoms with Gasteiger partial charge in [0.25, 0.3) is 0 Å². The summed E-state index contributed by atoms with van der Waals surface area (Å²) in [6.07, 6.45) is 2.92. The van der Waals surface area contributed by atoms with Crippen molar-refractivity contribution in [1.82, 2.24) is 4.90 Å². The largest absolute Gasteiger partial charge is 0.463 e. The van der Waals surface area contributed by atoms with Crippen LogP contribution in [-0.2, 0) is 28.1 Å². The van der Waals surface area contributed by atoms with E-state index in [1.165, 1.54) is 10.4 Å². The molecule has 1 fully saturated rings. The minimum atomic E-state index is -1.88. The molecule has 1 aromatic heterocycles. The standard InChI is InChI=1S/C33H35NO3S.H2S/c1-2-30-16-17-31(38-30)27-12-9-15-29(22-27)33(36,28-13-7-4-8-14-28)32(35)37-24-26-18-20-34(21-19-26)23-25-10-5-3-6-11-25;/h3-17,22,26,36H,2,18-21,23-24H2,1H3;1H2/t33-;/m0./s1. The topological polar surface area (TPSA) is 49.8 Å². The molecule has 0 saturated carbocycles. The molecule has 1 saturated heterocycles. The number of likely N-dealkylation sites (tertiary alicyclic amines) is 1. The summed E-state index contributed by atoms with van der Waals surface area (Å²) in [7, 11) is 0. The number of ether oxygens (including phenoxy) is 1. The first-order valence-corrected chi connectivity index (χ1v) is 14.3. The molecule has 204 valence electrons. The first-order chi connectivity index (χ1) is 18.6. The highest BCUT2D eigenvalue weighted by Crippen LogP contribution is 2.36. The molecule has 1 aliphatic rings. The Morgan fingerprint density at radius 3 is 2.26 bits per heavy atom. The Kier molecular flexibility index (Phi) is 10.0. The Hall–Kier alpha value is -2.90. The number of hydrogen-bond donors (Lipinski definition) is 1. The molecule has 0 spiro atoms. The maximum absolute atomic E-state index is 13.6. The Morgan fingerprint density at radius 1 is 0.923 bits per heavy atom. The molecule has 4 aromatic rings. The van der Waals surface area contributed by atoms with Crippen LogP contribution in [0.25, 0.3) is 10.4 Å². The van der Waals surface area contributed by atoms with Gasteiger partial charge in [-0.15, -0.1) is 11.3 Å². The van der Waals surface area contributed by atoms with E-state index < -0.39 is 11.6 Å². The van der Waals surface area contributed by atoms with Gasteiger partial charge in [-0.3, -0.25) is 4.90 Å². The van der Waals surface area contributed by atoms with E-state index in [0.717, 1.165) is 49.3 Å². The zero-order valence-electron chi connectivity index (χ0n) is 22.4. The summed E-state index contributed by atoms with van der Waals surface area (Å²) in [5, 5.41) is 12.0. The number of benzene rings is 3. The normalized spacial score (nSPS) is 15.7. The minimum absolute atomic E-state index is 0. The van der Waals surface area contributed by atoms with Gasteiger partial charge in [0.15, 0.2) is 0 Å². The van der Waals surface area contributed by atoms with Crippen LogP contribution in [0.2, 0.25) is 0 Å². The monoisotopic (exact) mass is 559 g/mol. The van der Waals surface area contributed by atoms with Gasteiger partial charge >= 0.3 is 5.97 Å². The van der Waals surface area contributed by atoms with Crippen molar-refractivity contribution in [3.63, 3.8) is 0 Å². The average Bonchev–Trinajstić information content (AvgIpc) is 3.47. The van der Waals surface area contributed by atoms with Crippen LogP contribution in [0.4, 0.5) is 0 Å². The van der Waals surface area contributed by atoms with Crippen molar-refractivity contribution in [3.8, 4) is 10.4 Å². The molecule has 6 heteroatoms. The Morgan fingerprint density at radius 2 is 1.59 bits per heavy atom. The molecule has 1 aliphatic heterocycles. The second-order valence-corrected chi connectivity index (χ2v) is 11.2. The van der Waals surface area contributed by atoms with Crippen LogP contribution in [0.15, 0.2) is 97.1 Å². The summed E-state index contributed by atoms with van der Waals surface area (Å²) in [6, 6.07) is 31.6. The molecular weight excluding hydrogens is 523 g/mol. The van der Waals surface area contributed by atoms with Gasteiger partial charge in [-0.25, -0.2) is 4.79 Å². The number of esters is 1. The summed E-state index contributed by atoms with van der Waals surface area (Å²) in [5.41, 5.74) is 1.47. The number of aliphatic hydroxyl groups is 1. The van der Waals surface area contributed by atoms with Crippen molar-refractivity contribution >= 4 is 30.8 Å². The molecule has 0 aliphatic carbocycles. The highest BCUT2D eigenvalue weighted by molar-refractivity contribution is 7.59. The average molecular weight is 560 g/mol. The smallest absolute Gasteiger partial charge is 0.347 e. The van der Waals surface area contributed by atoms with E-state index in [-0.39, 0.29) is 19.4 Å². The predicted molar refractivity (Wildman–Crippen MR) is 164 cm³/mol. The van der Waals surface area contributed by atoms with Gasteiger partial charge in [0, 0.05) is 21.9 Å². The Balaban J connectivity index is 0.00000353. The molecule has 39 heavy (non-hydrogen) atoms. The lowest BCUT2D eigenvalue weighted by Crippen LogP contribution is -2.40. The third-order valence-corrected chi connectivity index (χ3v) is 8.75. The molecule has 2 heterocycles. The molecule has 0 unspecified atom stereocenters. The lowest BCUT2D eigenvalue weighted by molar-refractivity contribution is -0.164. The molecule has 1 N–H and O–H groups in total. The Bertz CT molecular complexity index is 1330. The zero-order valence-corrected chi connectivity index (χ0v) is 24.2. The molecule has 0 radical (unpaired) electrons. The zero-order chi connectivity index (χ0) is 26.4. The Labute approximate surface area is 242 Å². The van der Waals surface area contributed by atoms with E-state index >= 15 is 0 Å². The highest BCUT2D eigenvalue weighted by atomic mass is 32.1. The van der Waals surface area contributed by atoms with Gasteiger partial charge < -0.3 is 9.84 Å². The maximum Gasteiger partial charge on any atom is 0.347 e. The number of piperidine rings is 1. The van der Waals surface area contributed by atoms with Crippen molar-refractivity contribution in [2.75, 3.05) is 19.7 Å². The van der Waals surface area contributed by atoms with E-state index in [4.69, 9.17) is 4.74 Å². The van der Waals surface area contributed by atoms with Gasteiger partial charge in [-0.05, 0) is 73.2 Å². The fourth-order valence-corrected chi connectivity index (χ4v) is 6.10. The van der Waals surface area contributed by atoms with Crippen molar-refractivity contribution < 1.29 is 14.6 Å². The van der Waals surface area contributed by atoms with Gasteiger partial charge in [0.2, 0.25) is 5.60 Å². The molecule has 0 bridgehead atoms. The second kappa shape index (κ2) is 13.4. The lowest BCUT2D eigenvalue weighted by atomic mass is 9.85. The van der Waals surface area contributed by atoms with E-state index in [9.17, 15) is 9.90 Å². The summed E-state index contributed by atoms with van der Waals surface area (Å²) in [5.74, 6) is -0.330. The summed E-state index contributed by atoms with van der Waals surface area (Å²) < 4.78 is 5.87. The summed E-state index contributed by atoms with van der Waals surface area (Å²) >= 11 is 1.74. The number of aryl methyl sites for hydroxylation is 1. The minimum Gasteiger partial charge on any atom is -0.463 e. The fourth-order valence-electron chi connectivity index (χ4n) is 5.15. The van der Waals surface area contributed by atoms with Crippen LogP contribution >= 0.6 is 24.8 Å². The van der Waals surface area contributed by atoms with Crippen LogP contribution in [0, 0.1) is 5.92 Å². The van der Waals surface area contributed by atoms with E-state index in [1.807, 2.05) is 48.5 Å². The molecule has 0 amide bonds. The summed E-state index contributed by atoms with van der Waals surface area (Å²) in [6.45, 7) is 5.35. The molecule has 1 atom stereocenters. The summed E-state index contributed by atoms with van der Waals surface area (Å²) in [4.78, 5) is 18.5. The van der Waals surface area contributed by atoms with E-state index in [1.54, 1.807) is 23.5 Å². The fraction of sp³-hybridized carbons (Fsp3) is 0.303. The third-order valence-electron chi connectivity index (χ3n) is 7.47. The van der Waals surface area contributed by atoms with Crippen molar-refractivity contribution in [2.24, 2.45) is 5.92 Å². The third kappa shape index (κ3) is 6.82. The van der Waals surface area contributed by atoms with Crippen LogP contribution in [0.1, 0.15) is 41.3 Å². The number of carbonyl (C=O) groups excluding carboxylic acids is 1. The van der Waals surface area contributed by atoms with Gasteiger partial charge in [-0.2, -0.15) is 13.5 Å². The van der Waals surface area contributed by atoms with E-state index in [0.29, 0.717) is 17.7 Å². The SMILES string of the molecule is CCc1ccc(-c2cccc([C@](O)(C(=O)OCC3CCN(Cc4ccccc4)CC3)c3ccccc3)c2)s1.S. The molecular formula is C33H37NO3S2. The van der Waals surface area contributed by atoms with Crippen molar-refractivity contribution in [1.29, 1.82) is 0 Å². The number of nitrogens with zero attached hydrogens (tertiary/aromatic N) is 1. The van der Waals surface area contributed by atoms with Crippen molar-refractivity contribution in [3.05, 3.63) is 119 Å². The predicted octanol–water partition coefficient (Wildman–Crippen LogP) is 6.78. The van der Waals surface area contributed by atoms with E-state index in [2.05, 4.69) is 48.2 Å². The lowest BCUT2D eigenvalue weighted by Gasteiger charge is -2.33. The van der Waals surface area contributed by atoms with Crippen LogP contribution in [0.3, 0.4) is 0 Å². The van der Waals surface area contributed by atoms with Gasteiger partial charge in [0.05, 0.1) is 6.61 Å². The first-order valence-electron chi connectivity index (χ1n) is 13.5. The molecule has 4 nitrogen and oxygen atoms in total. The van der Waals surface area contributed by atoms with Crippen molar-refractivity contribution in [2.45, 2.75) is 38.3 Å². The highest BCUT2D eigenvalue weighted by Gasteiger charge is 2.42. The molecule has 5 rings (SSSR count). The first kappa shape index (κ1) is 29.1. The quantitative estimate of drug-likeness (QED) is 0.230. The van der Waals surface area contributed by atoms with Gasteiger partial charge in [0.1, 0.15) is 0 Å². The van der Waals surface area contributed by atoms with Gasteiger partial charge in [-0.1, -0.05) is 85.8 Å². The maximum atomic E-state index is 13.6. The number of carbonyl (C=O) groups is 1. The number of rotatable bonds is 9.